The Morgan fingerprint density at radius 2 is 2.36 bits per heavy atom. The molecule has 0 aliphatic carbocycles. The number of hydrogen-bond acceptors (Lipinski definition) is 3. The standard InChI is InChI=1S/C10H20N2O2/c1-9-4-2-3-6-12(9)7-5-11-10(14)8-13/h9,13H,2-8H2,1H3,(H,11,14). The SMILES string of the molecule is CC1CCCCN1CCNC(=O)CO. The number of hydrogen-bond donors (Lipinski definition) is 2. The van der Waals surface area contributed by atoms with Crippen LogP contribution in [0.3, 0.4) is 0 Å². The summed E-state index contributed by atoms with van der Waals surface area (Å²) in [6, 6.07) is 0.634. The maximum atomic E-state index is 10.8. The summed E-state index contributed by atoms with van der Waals surface area (Å²) in [6.45, 7) is 4.50. The lowest BCUT2D eigenvalue weighted by molar-refractivity contribution is -0.123. The molecule has 0 saturated carbocycles. The van der Waals surface area contributed by atoms with Crippen LogP contribution in [0.15, 0.2) is 0 Å². The summed E-state index contributed by atoms with van der Waals surface area (Å²) < 4.78 is 0. The molecule has 1 aliphatic heterocycles. The number of nitrogens with one attached hydrogen (secondary N) is 1. The smallest absolute Gasteiger partial charge is 0.245 e. The molecule has 0 bridgehead atoms. The maximum absolute atomic E-state index is 10.8. The van der Waals surface area contributed by atoms with Crippen molar-refractivity contribution in [1.82, 2.24) is 10.2 Å². The molecule has 1 fully saturated rings. The molecule has 1 rings (SSSR count). The topological polar surface area (TPSA) is 52.6 Å². The molecule has 1 unspecified atom stereocenters. The van der Waals surface area contributed by atoms with Crippen molar-refractivity contribution >= 4 is 5.91 Å². The van der Waals surface area contributed by atoms with Gasteiger partial charge in [-0.25, -0.2) is 0 Å². The van der Waals surface area contributed by atoms with Gasteiger partial charge in [0.25, 0.3) is 0 Å². The largest absolute Gasteiger partial charge is 0.387 e. The number of nitrogens with zero attached hydrogens (tertiary/aromatic N) is 1. The molecule has 4 heteroatoms. The summed E-state index contributed by atoms with van der Waals surface area (Å²) in [5, 5.41) is 11.2. The van der Waals surface area contributed by atoms with Gasteiger partial charge in [-0.1, -0.05) is 6.42 Å². The molecule has 0 aromatic heterocycles. The third-order valence-corrected chi connectivity index (χ3v) is 2.81. The van der Waals surface area contributed by atoms with Crippen LogP contribution in [0.5, 0.6) is 0 Å². The average Bonchev–Trinajstić information content (AvgIpc) is 2.20. The Morgan fingerprint density at radius 3 is 3.00 bits per heavy atom. The second kappa shape index (κ2) is 5.98. The Bertz CT molecular complexity index is 185. The van der Waals surface area contributed by atoms with E-state index in [-0.39, 0.29) is 5.91 Å². The van der Waals surface area contributed by atoms with E-state index < -0.39 is 6.61 Å². The van der Waals surface area contributed by atoms with E-state index >= 15 is 0 Å². The molecular weight excluding hydrogens is 180 g/mol. The van der Waals surface area contributed by atoms with Gasteiger partial charge in [-0.15, -0.1) is 0 Å². The van der Waals surface area contributed by atoms with E-state index in [9.17, 15) is 4.79 Å². The first-order valence-electron chi connectivity index (χ1n) is 5.35. The monoisotopic (exact) mass is 200 g/mol. The van der Waals surface area contributed by atoms with Crippen LogP contribution in [0.4, 0.5) is 0 Å². The maximum Gasteiger partial charge on any atom is 0.245 e. The summed E-state index contributed by atoms with van der Waals surface area (Å²) in [5.41, 5.74) is 0. The first-order chi connectivity index (χ1) is 6.74. The molecule has 1 heterocycles. The highest BCUT2D eigenvalue weighted by Crippen LogP contribution is 2.15. The number of carbonyl (C=O) groups is 1. The molecule has 0 spiro atoms. The van der Waals surface area contributed by atoms with Crippen molar-refractivity contribution in [3.05, 3.63) is 0 Å². The van der Waals surface area contributed by atoms with Gasteiger partial charge in [-0.3, -0.25) is 9.69 Å². The highest BCUT2D eigenvalue weighted by molar-refractivity contribution is 5.76. The first-order valence-corrected chi connectivity index (χ1v) is 5.35. The van der Waals surface area contributed by atoms with Crippen molar-refractivity contribution in [1.29, 1.82) is 0 Å². The molecule has 0 radical (unpaired) electrons. The van der Waals surface area contributed by atoms with Gasteiger partial charge < -0.3 is 10.4 Å². The van der Waals surface area contributed by atoms with Crippen molar-refractivity contribution in [2.24, 2.45) is 0 Å². The number of rotatable bonds is 4. The van der Waals surface area contributed by atoms with E-state index in [0.29, 0.717) is 12.6 Å². The van der Waals surface area contributed by atoms with Gasteiger partial charge in [0.05, 0.1) is 0 Å². The zero-order valence-electron chi connectivity index (χ0n) is 8.83. The molecule has 1 aliphatic rings. The van der Waals surface area contributed by atoms with Gasteiger partial charge in [-0.2, -0.15) is 0 Å². The lowest BCUT2D eigenvalue weighted by Gasteiger charge is -2.33. The molecule has 1 amide bonds. The van der Waals surface area contributed by atoms with Gasteiger partial charge in [0.15, 0.2) is 0 Å². The van der Waals surface area contributed by atoms with Crippen molar-refractivity contribution in [2.45, 2.75) is 32.2 Å². The fraction of sp³-hybridized carbons (Fsp3) is 0.900. The zero-order chi connectivity index (χ0) is 10.4. The lowest BCUT2D eigenvalue weighted by Crippen LogP contribution is -2.42. The van der Waals surface area contributed by atoms with Crippen molar-refractivity contribution in [2.75, 3.05) is 26.2 Å². The molecule has 1 saturated heterocycles. The van der Waals surface area contributed by atoms with Gasteiger partial charge >= 0.3 is 0 Å². The predicted octanol–water partition coefficient (Wildman–Crippen LogP) is -0.0307. The Balaban J connectivity index is 2.13. The number of likely N-dealkylation sites (tertiary alicyclic amines) is 1. The Kier molecular flexibility index (Phi) is 4.90. The minimum Gasteiger partial charge on any atom is -0.387 e. The lowest BCUT2D eigenvalue weighted by atomic mass is 10.0. The van der Waals surface area contributed by atoms with Crippen LogP contribution < -0.4 is 5.32 Å². The Morgan fingerprint density at radius 1 is 1.57 bits per heavy atom. The summed E-state index contributed by atoms with van der Waals surface area (Å²) in [6.07, 6.45) is 3.84. The van der Waals surface area contributed by atoms with Crippen molar-refractivity contribution in [3.63, 3.8) is 0 Å². The third kappa shape index (κ3) is 3.64. The summed E-state index contributed by atoms with van der Waals surface area (Å²) in [4.78, 5) is 13.1. The fourth-order valence-corrected chi connectivity index (χ4v) is 1.88. The Hall–Kier alpha value is -0.610. The van der Waals surface area contributed by atoms with Crippen LogP contribution in [-0.4, -0.2) is 48.2 Å². The van der Waals surface area contributed by atoms with Gasteiger partial charge in [-0.05, 0) is 26.3 Å². The van der Waals surface area contributed by atoms with Gasteiger partial charge in [0.2, 0.25) is 5.91 Å². The van der Waals surface area contributed by atoms with Gasteiger partial charge in [0.1, 0.15) is 6.61 Å². The van der Waals surface area contributed by atoms with Crippen LogP contribution in [0, 0.1) is 0 Å². The van der Waals surface area contributed by atoms with Crippen molar-refractivity contribution < 1.29 is 9.90 Å². The quantitative estimate of drug-likeness (QED) is 0.670. The molecular formula is C10H20N2O2. The number of amides is 1. The van der Waals surface area contributed by atoms with Crippen LogP contribution in [0.25, 0.3) is 0 Å². The fourth-order valence-electron chi connectivity index (χ4n) is 1.88. The van der Waals surface area contributed by atoms with Crippen LogP contribution >= 0.6 is 0 Å². The predicted molar refractivity (Wildman–Crippen MR) is 55.0 cm³/mol. The minimum atomic E-state index is -0.407. The second-order valence-corrected chi connectivity index (χ2v) is 3.89. The van der Waals surface area contributed by atoms with Crippen LogP contribution in [0.2, 0.25) is 0 Å². The summed E-state index contributed by atoms with van der Waals surface area (Å²) >= 11 is 0. The van der Waals surface area contributed by atoms with E-state index in [1.807, 2.05) is 0 Å². The molecule has 1 atom stereocenters. The minimum absolute atomic E-state index is 0.283. The molecule has 2 N–H and O–H groups in total. The van der Waals surface area contributed by atoms with Crippen LogP contribution in [-0.2, 0) is 4.79 Å². The normalized spacial score (nSPS) is 23.4. The van der Waals surface area contributed by atoms with E-state index in [0.717, 1.165) is 13.1 Å². The van der Waals surface area contributed by atoms with Crippen molar-refractivity contribution in [3.8, 4) is 0 Å². The van der Waals surface area contributed by atoms with E-state index in [4.69, 9.17) is 5.11 Å². The molecule has 14 heavy (non-hydrogen) atoms. The summed E-state index contributed by atoms with van der Waals surface area (Å²) in [5.74, 6) is -0.283. The zero-order valence-corrected chi connectivity index (χ0v) is 8.83. The van der Waals surface area contributed by atoms with Gasteiger partial charge in [0, 0.05) is 19.1 Å². The highest BCUT2D eigenvalue weighted by Gasteiger charge is 2.17. The molecule has 4 nitrogen and oxygen atoms in total. The summed E-state index contributed by atoms with van der Waals surface area (Å²) in [7, 11) is 0. The third-order valence-electron chi connectivity index (χ3n) is 2.81. The first kappa shape index (κ1) is 11.5. The molecule has 82 valence electrons. The van der Waals surface area contributed by atoms with E-state index in [1.54, 1.807) is 0 Å². The van der Waals surface area contributed by atoms with Crippen LogP contribution in [0.1, 0.15) is 26.2 Å². The molecule has 0 aromatic rings. The Labute approximate surface area is 85.3 Å². The number of aliphatic hydroxyl groups is 1. The highest BCUT2D eigenvalue weighted by atomic mass is 16.3. The van der Waals surface area contributed by atoms with E-state index in [1.165, 1.54) is 19.3 Å². The average molecular weight is 200 g/mol. The molecule has 0 aromatic carbocycles. The second-order valence-electron chi connectivity index (χ2n) is 3.89. The number of piperidine rings is 1. The number of aliphatic hydroxyl groups excluding tert-OH is 1. The van der Waals surface area contributed by atoms with E-state index in [2.05, 4.69) is 17.1 Å². The number of carbonyl (C=O) groups excluding carboxylic acids is 1.